The summed E-state index contributed by atoms with van der Waals surface area (Å²) in [6.45, 7) is 4.18. The van der Waals surface area contributed by atoms with Crippen LogP contribution in [0, 0.1) is 18.7 Å². The predicted octanol–water partition coefficient (Wildman–Crippen LogP) is 6.60. The van der Waals surface area contributed by atoms with Crippen LogP contribution in [0.4, 0.5) is 13.2 Å². The lowest BCUT2D eigenvalue weighted by Gasteiger charge is -2.24. The number of halogens is 3. The molecule has 2 nitrogen and oxygen atoms in total. The highest BCUT2D eigenvalue weighted by atomic mass is 19.3. The summed E-state index contributed by atoms with van der Waals surface area (Å²) in [6, 6.07) is 11.2. The van der Waals surface area contributed by atoms with Crippen LogP contribution in [-0.2, 0) is 0 Å². The largest absolute Gasteiger partial charge is 0.492 e. The van der Waals surface area contributed by atoms with Gasteiger partial charge >= 0.3 is 0 Å². The average Bonchev–Trinajstić information content (AvgIpc) is 2.69. The minimum absolute atomic E-state index is 0.113. The van der Waals surface area contributed by atoms with Gasteiger partial charge in [-0.05, 0) is 44.4 Å². The molecule has 2 unspecified atom stereocenters. The third-order valence-corrected chi connectivity index (χ3v) is 5.04. The van der Waals surface area contributed by atoms with E-state index in [1.165, 1.54) is 23.3 Å². The zero-order valence-electron chi connectivity index (χ0n) is 16.1. The maximum Gasteiger partial charge on any atom is 0.270 e. The number of aryl methyl sites for hydroxylation is 1. The lowest BCUT2D eigenvalue weighted by atomic mass is 9.84. The Bertz CT molecular complexity index is 815. The van der Waals surface area contributed by atoms with E-state index in [-0.39, 0.29) is 30.6 Å². The van der Waals surface area contributed by atoms with Crippen LogP contribution in [0.3, 0.4) is 0 Å². The standard InChI is InChI=1S/C23H25F3O2/c1-3-27-20-13-12-19(21(22(20)24)23(25)26)28-14-16-6-10-18(11-7-16)17-8-4-15(2)5-9-17/h4-6,8-10,12-13,16,18,23H,3,7,11,14H2,1-2H3. The maximum absolute atomic E-state index is 14.3. The highest BCUT2D eigenvalue weighted by molar-refractivity contribution is 5.43. The molecule has 5 heteroatoms. The third kappa shape index (κ3) is 4.70. The molecule has 150 valence electrons. The normalized spacial score (nSPS) is 19.1. The van der Waals surface area contributed by atoms with Gasteiger partial charge in [0.25, 0.3) is 6.43 Å². The van der Waals surface area contributed by atoms with Crippen molar-refractivity contribution in [2.75, 3.05) is 13.2 Å². The second-order valence-corrected chi connectivity index (χ2v) is 7.07. The summed E-state index contributed by atoms with van der Waals surface area (Å²) in [7, 11) is 0. The molecule has 28 heavy (non-hydrogen) atoms. The van der Waals surface area contributed by atoms with Crippen LogP contribution in [-0.4, -0.2) is 13.2 Å². The van der Waals surface area contributed by atoms with Crippen molar-refractivity contribution in [2.24, 2.45) is 5.92 Å². The van der Waals surface area contributed by atoms with Gasteiger partial charge in [0.1, 0.15) is 5.75 Å². The van der Waals surface area contributed by atoms with Gasteiger partial charge in [-0.15, -0.1) is 0 Å². The first-order valence-corrected chi connectivity index (χ1v) is 9.60. The van der Waals surface area contributed by atoms with E-state index in [0.717, 1.165) is 12.8 Å². The second kappa shape index (κ2) is 9.18. The summed E-state index contributed by atoms with van der Waals surface area (Å²) >= 11 is 0. The zero-order chi connectivity index (χ0) is 20.1. The molecule has 0 fully saturated rings. The maximum atomic E-state index is 14.3. The summed E-state index contributed by atoms with van der Waals surface area (Å²) in [6.07, 6.45) is 3.10. The number of hydrogen-bond donors (Lipinski definition) is 0. The van der Waals surface area contributed by atoms with Crippen molar-refractivity contribution in [3.8, 4) is 11.5 Å². The van der Waals surface area contributed by atoms with E-state index >= 15 is 0 Å². The van der Waals surface area contributed by atoms with Crippen molar-refractivity contribution in [1.29, 1.82) is 0 Å². The van der Waals surface area contributed by atoms with Crippen molar-refractivity contribution < 1.29 is 22.6 Å². The van der Waals surface area contributed by atoms with E-state index in [2.05, 4.69) is 43.3 Å². The minimum atomic E-state index is -2.97. The molecule has 2 aromatic rings. The molecule has 0 bridgehead atoms. The van der Waals surface area contributed by atoms with Gasteiger partial charge in [-0.1, -0.05) is 42.0 Å². The van der Waals surface area contributed by atoms with E-state index in [4.69, 9.17) is 9.47 Å². The van der Waals surface area contributed by atoms with Gasteiger partial charge in [-0.3, -0.25) is 0 Å². The van der Waals surface area contributed by atoms with Crippen LogP contribution >= 0.6 is 0 Å². The molecule has 0 amide bonds. The Hall–Kier alpha value is -2.43. The molecule has 1 aliphatic rings. The number of alkyl halides is 2. The van der Waals surface area contributed by atoms with Crippen LogP contribution in [0.25, 0.3) is 0 Å². The fraction of sp³-hybridized carbons (Fsp3) is 0.391. The lowest BCUT2D eigenvalue weighted by Crippen LogP contribution is -2.16. The minimum Gasteiger partial charge on any atom is -0.492 e. The average molecular weight is 390 g/mol. The Morgan fingerprint density at radius 2 is 1.68 bits per heavy atom. The van der Waals surface area contributed by atoms with E-state index < -0.39 is 17.8 Å². The van der Waals surface area contributed by atoms with Crippen molar-refractivity contribution in [1.82, 2.24) is 0 Å². The highest BCUT2D eigenvalue weighted by Crippen LogP contribution is 2.37. The van der Waals surface area contributed by atoms with Gasteiger partial charge in [0, 0.05) is 11.8 Å². The number of hydrogen-bond acceptors (Lipinski definition) is 2. The van der Waals surface area contributed by atoms with Crippen LogP contribution in [0.5, 0.6) is 11.5 Å². The van der Waals surface area contributed by atoms with Crippen molar-refractivity contribution in [2.45, 2.75) is 39.0 Å². The number of rotatable bonds is 7. The molecule has 0 aliphatic heterocycles. The van der Waals surface area contributed by atoms with E-state index in [9.17, 15) is 13.2 Å². The summed E-state index contributed by atoms with van der Waals surface area (Å²) in [4.78, 5) is 0. The summed E-state index contributed by atoms with van der Waals surface area (Å²) in [5, 5.41) is 0. The Balaban J connectivity index is 1.65. The molecule has 0 aromatic heterocycles. The molecule has 2 aromatic carbocycles. The smallest absolute Gasteiger partial charge is 0.270 e. The van der Waals surface area contributed by atoms with Gasteiger partial charge in [0.05, 0.1) is 18.8 Å². The molecule has 0 saturated carbocycles. The molecule has 0 N–H and O–H groups in total. The molecular formula is C23H25F3O2. The fourth-order valence-electron chi connectivity index (χ4n) is 3.46. The molecule has 0 saturated heterocycles. The van der Waals surface area contributed by atoms with Gasteiger partial charge in [0.2, 0.25) is 0 Å². The Labute approximate surface area is 164 Å². The summed E-state index contributed by atoms with van der Waals surface area (Å²) in [5.74, 6) is -0.875. The van der Waals surface area contributed by atoms with Crippen LogP contribution in [0.15, 0.2) is 48.6 Å². The van der Waals surface area contributed by atoms with Crippen LogP contribution in [0.2, 0.25) is 0 Å². The Kier molecular flexibility index (Phi) is 6.65. The molecule has 0 heterocycles. The quantitative estimate of drug-likeness (QED) is 0.496. The molecular weight excluding hydrogens is 365 g/mol. The fourth-order valence-corrected chi connectivity index (χ4v) is 3.46. The van der Waals surface area contributed by atoms with Crippen molar-refractivity contribution in [3.05, 3.63) is 71.1 Å². The van der Waals surface area contributed by atoms with Gasteiger partial charge in [0.15, 0.2) is 11.6 Å². The lowest BCUT2D eigenvalue weighted by molar-refractivity contribution is 0.136. The molecule has 0 radical (unpaired) electrons. The second-order valence-electron chi connectivity index (χ2n) is 7.07. The first-order valence-electron chi connectivity index (χ1n) is 9.60. The summed E-state index contributed by atoms with van der Waals surface area (Å²) < 4.78 is 51.7. The molecule has 2 atom stereocenters. The van der Waals surface area contributed by atoms with Gasteiger partial charge in [-0.2, -0.15) is 0 Å². The van der Waals surface area contributed by atoms with Crippen molar-refractivity contribution >= 4 is 0 Å². The molecule has 3 rings (SSSR count). The monoisotopic (exact) mass is 390 g/mol. The molecule has 1 aliphatic carbocycles. The van der Waals surface area contributed by atoms with E-state index in [1.807, 2.05) is 0 Å². The number of allylic oxidation sites excluding steroid dienone is 1. The van der Waals surface area contributed by atoms with E-state index in [0.29, 0.717) is 5.92 Å². The van der Waals surface area contributed by atoms with Gasteiger partial charge < -0.3 is 9.47 Å². The Morgan fingerprint density at radius 3 is 2.29 bits per heavy atom. The predicted molar refractivity (Wildman–Crippen MR) is 104 cm³/mol. The summed E-state index contributed by atoms with van der Waals surface area (Å²) in [5.41, 5.74) is 1.77. The van der Waals surface area contributed by atoms with Gasteiger partial charge in [-0.25, -0.2) is 13.2 Å². The topological polar surface area (TPSA) is 18.5 Å². The van der Waals surface area contributed by atoms with Crippen LogP contribution in [0.1, 0.15) is 48.8 Å². The van der Waals surface area contributed by atoms with Crippen LogP contribution < -0.4 is 9.47 Å². The molecule has 0 spiro atoms. The number of ether oxygens (including phenoxy) is 2. The zero-order valence-corrected chi connectivity index (χ0v) is 16.1. The third-order valence-electron chi connectivity index (χ3n) is 5.04. The Morgan fingerprint density at radius 1 is 0.964 bits per heavy atom. The van der Waals surface area contributed by atoms with Crippen molar-refractivity contribution in [3.63, 3.8) is 0 Å². The SMILES string of the molecule is CCOc1ccc(OCC2C=CC(c3ccc(C)cc3)CC2)c(C(F)F)c1F. The van der Waals surface area contributed by atoms with E-state index in [1.54, 1.807) is 6.92 Å². The first kappa shape index (κ1) is 20.3. The first-order chi connectivity index (χ1) is 13.5. The highest BCUT2D eigenvalue weighted by Gasteiger charge is 2.24. The number of benzene rings is 2.